The van der Waals surface area contributed by atoms with E-state index >= 15 is 0 Å². The summed E-state index contributed by atoms with van der Waals surface area (Å²) >= 11 is 0. The maximum absolute atomic E-state index is 13.9. The highest BCUT2D eigenvalue weighted by Crippen LogP contribution is 2.30. The molecular weight excluding hydrogens is 506 g/mol. The third-order valence-corrected chi connectivity index (χ3v) is 6.95. The van der Waals surface area contributed by atoms with Crippen molar-refractivity contribution in [3.63, 3.8) is 0 Å². The van der Waals surface area contributed by atoms with E-state index < -0.39 is 6.04 Å². The number of nitrogens with one attached hydrogen (secondary N) is 1. The number of hydrogen-bond acceptors (Lipinski definition) is 6. The van der Waals surface area contributed by atoms with Crippen molar-refractivity contribution in [2.24, 2.45) is 0 Å². The number of carbonyl (C=O) groups is 2. The molecule has 4 aromatic rings. The van der Waals surface area contributed by atoms with Crippen LogP contribution in [0.5, 0.6) is 11.5 Å². The van der Waals surface area contributed by atoms with Gasteiger partial charge in [-0.3, -0.25) is 14.6 Å². The van der Waals surface area contributed by atoms with E-state index in [-0.39, 0.29) is 18.4 Å². The zero-order chi connectivity index (χ0) is 27.7. The molecule has 0 bridgehead atoms. The van der Waals surface area contributed by atoms with E-state index in [1.807, 2.05) is 60.8 Å². The maximum atomic E-state index is 13.9. The molecule has 206 valence electrons. The average Bonchev–Trinajstić information content (AvgIpc) is 3.45. The van der Waals surface area contributed by atoms with Gasteiger partial charge in [-0.15, -0.1) is 0 Å². The lowest BCUT2D eigenvalue weighted by Gasteiger charge is -2.30. The Kier molecular flexibility index (Phi) is 8.70. The molecule has 3 heterocycles. The Labute approximate surface area is 233 Å². The molecule has 1 aliphatic rings. The van der Waals surface area contributed by atoms with E-state index in [9.17, 15) is 9.59 Å². The Morgan fingerprint density at radius 3 is 2.67 bits per heavy atom. The van der Waals surface area contributed by atoms with Crippen LogP contribution in [-0.4, -0.2) is 57.8 Å². The molecule has 5 rings (SSSR count). The van der Waals surface area contributed by atoms with Crippen LogP contribution in [0.2, 0.25) is 0 Å². The third-order valence-electron chi connectivity index (χ3n) is 6.95. The number of nitrogens with zero attached hydrogens (tertiary/aromatic N) is 4. The van der Waals surface area contributed by atoms with Gasteiger partial charge in [0.25, 0.3) is 5.91 Å². The Morgan fingerprint density at radius 2 is 1.93 bits per heavy atom. The topological polar surface area (TPSA) is 98.6 Å². The zero-order valence-electron chi connectivity index (χ0n) is 22.5. The Morgan fingerprint density at radius 1 is 1.05 bits per heavy atom. The van der Waals surface area contributed by atoms with Crippen molar-refractivity contribution in [2.75, 3.05) is 20.3 Å². The second-order valence-electron chi connectivity index (χ2n) is 9.64. The molecule has 2 aromatic heterocycles. The fourth-order valence-corrected chi connectivity index (χ4v) is 4.83. The Bertz CT molecular complexity index is 1410. The number of ether oxygens (including phenoxy) is 2. The third kappa shape index (κ3) is 6.48. The normalized spacial score (nSPS) is 15.1. The molecule has 9 nitrogen and oxygen atoms in total. The van der Waals surface area contributed by atoms with Gasteiger partial charge in [0.1, 0.15) is 6.04 Å². The zero-order valence-corrected chi connectivity index (χ0v) is 22.5. The summed E-state index contributed by atoms with van der Waals surface area (Å²) in [5.41, 5.74) is 3.15. The Balaban J connectivity index is 1.35. The molecule has 0 aliphatic carbocycles. The largest absolute Gasteiger partial charge is 0.493 e. The van der Waals surface area contributed by atoms with Crippen LogP contribution in [0.4, 0.5) is 0 Å². The van der Waals surface area contributed by atoms with E-state index in [2.05, 4.69) is 15.4 Å². The summed E-state index contributed by atoms with van der Waals surface area (Å²) in [6, 6.07) is 20.0. The van der Waals surface area contributed by atoms with Crippen molar-refractivity contribution < 1.29 is 19.1 Å². The molecule has 40 heavy (non-hydrogen) atoms. The molecule has 0 unspecified atom stereocenters. The monoisotopic (exact) mass is 539 g/mol. The fraction of sp³-hybridized carbons (Fsp3) is 0.290. The van der Waals surface area contributed by atoms with Gasteiger partial charge in [-0.25, -0.2) is 4.68 Å². The van der Waals surface area contributed by atoms with Crippen LogP contribution >= 0.6 is 0 Å². The van der Waals surface area contributed by atoms with Crippen LogP contribution in [0.3, 0.4) is 0 Å². The predicted octanol–water partition coefficient (Wildman–Crippen LogP) is 4.21. The van der Waals surface area contributed by atoms with Gasteiger partial charge in [0.2, 0.25) is 5.91 Å². The van der Waals surface area contributed by atoms with Crippen LogP contribution in [-0.2, 0) is 17.8 Å². The molecular formula is C31H33N5O4. The lowest BCUT2D eigenvalue weighted by molar-refractivity contribution is -0.125. The lowest BCUT2D eigenvalue weighted by atomic mass is 10.0. The predicted molar refractivity (Wildman–Crippen MR) is 151 cm³/mol. The molecule has 2 amide bonds. The van der Waals surface area contributed by atoms with Gasteiger partial charge in [0.15, 0.2) is 11.5 Å². The maximum Gasteiger partial charge on any atom is 0.254 e. The van der Waals surface area contributed by atoms with Crippen molar-refractivity contribution in [3.05, 3.63) is 102 Å². The first kappa shape index (κ1) is 26.9. The SMILES string of the molecule is COc1cc(CN(C(=O)c2ccc(-n3cccn3)cc2)[C@H]2CCCCNC2=O)ccc1OCCc1ccccn1. The Hall–Kier alpha value is -4.66. The molecule has 1 aliphatic heterocycles. The van der Waals surface area contributed by atoms with E-state index in [0.717, 1.165) is 29.8 Å². The molecule has 2 aromatic carbocycles. The van der Waals surface area contributed by atoms with Crippen LogP contribution in [0.1, 0.15) is 40.9 Å². The van der Waals surface area contributed by atoms with Crippen molar-refractivity contribution in [1.29, 1.82) is 0 Å². The standard InChI is InChI=1S/C31H33N5O4/c1-39-29-21-23(9-14-28(29)40-20-15-25-7-2-4-16-32-25)22-35(27-8-3-5-17-33-30(27)37)31(38)24-10-12-26(13-11-24)36-19-6-18-34-36/h2,4,6-7,9-14,16,18-19,21,27H,3,5,8,15,17,20,22H2,1H3,(H,33,37)/t27-/m0/s1. The van der Waals surface area contributed by atoms with Gasteiger partial charge < -0.3 is 19.7 Å². The molecule has 1 saturated heterocycles. The van der Waals surface area contributed by atoms with Gasteiger partial charge in [-0.2, -0.15) is 5.10 Å². The molecule has 1 N–H and O–H groups in total. The highest BCUT2D eigenvalue weighted by molar-refractivity contribution is 5.97. The second kappa shape index (κ2) is 12.9. The quantitative estimate of drug-likeness (QED) is 0.324. The van der Waals surface area contributed by atoms with Crippen molar-refractivity contribution in [3.8, 4) is 17.2 Å². The number of amides is 2. The van der Waals surface area contributed by atoms with Gasteiger partial charge >= 0.3 is 0 Å². The number of hydrogen-bond donors (Lipinski definition) is 1. The van der Waals surface area contributed by atoms with Crippen LogP contribution in [0, 0.1) is 0 Å². The highest BCUT2D eigenvalue weighted by Gasteiger charge is 2.31. The van der Waals surface area contributed by atoms with E-state index in [0.29, 0.717) is 43.1 Å². The summed E-state index contributed by atoms with van der Waals surface area (Å²) in [6.45, 7) is 1.32. The second-order valence-corrected chi connectivity index (χ2v) is 9.64. The summed E-state index contributed by atoms with van der Waals surface area (Å²) in [5, 5.41) is 7.22. The molecule has 9 heteroatoms. The molecule has 0 saturated carbocycles. The van der Waals surface area contributed by atoms with Gasteiger partial charge in [-0.05, 0) is 79.4 Å². The van der Waals surface area contributed by atoms with Crippen LogP contribution in [0.15, 0.2) is 85.3 Å². The first-order valence-corrected chi connectivity index (χ1v) is 13.5. The van der Waals surface area contributed by atoms with E-state index in [4.69, 9.17) is 9.47 Å². The summed E-state index contributed by atoms with van der Waals surface area (Å²) in [6.07, 6.45) is 8.34. The van der Waals surface area contributed by atoms with Crippen molar-refractivity contribution in [2.45, 2.75) is 38.3 Å². The number of methoxy groups -OCH3 is 1. The van der Waals surface area contributed by atoms with E-state index in [1.165, 1.54) is 0 Å². The minimum absolute atomic E-state index is 0.125. The average molecular weight is 540 g/mol. The lowest BCUT2D eigenvalue weighted by Crippen LogP contribution is -2.48. The number of benzene rings is 2. The van der Waals surface area contributed by atoms with Crippen molar-refractivity contribution in [1.82, 2.24) is 25.0 Å². The number of pyridine rings is 1. The number of rotatable bonds is 10. The number of carbonyl (C=O) groups excluding carboxylic acids is 2. The summed E-state index contributed by atoms with van der Waals surface area (Å²) in [7, 11) is 1.59. The smallest absolute Gasteiger partial charge is 0.254 e. The van der Waals surface area contributed by atoms with Crippen molar-refractivity contribution >= 4 is 11.8 Å². The fourth-order valence-electron chi connectivity index (χ4n) is 4.83. The molecule has 1 atom stereocenters. The van der Waals surface area contributed by atoms with Gasteiger partial charge in [0, 0.05) is 49.4 Å². The minimum Gasteiger partial charge on any atom is -0.493 e. The highest BCUT2D eigenvalue weighted by atomic mass is 16.5. The first-order valence-electron chi connectivity index (χ1n) is 13.5. The summed E-state index contributed by atoms with van der Waals surface area (Å²) in [5.74, 6) is 0.852. The van der Waals surface area contributed by atoms with Crippen LogP contribution in [0.25, 0.3) is 5.69 Å². The van der Waals surface area contributed by atoms with E-state index in [1.54, 1.807) is 41.2 Å². The summed E-state index contributed by atoms with van der Waals surface area (Å²) in [4.78, 5) is 32.9. The summed E-state index contributed by atoms with van der Waals surface area (Å²) < 4.78 is 13.3. The first-order chi connectivity index (χ1) is 19.6. The van der Waals surface area contributed by atoms with Gasteiger partial charge in [-0.1, -0.05) is 12.1 Å². The minimum atomic E-state index is -0.568. The van der Waals surface area contributed by atoms with Gasteiger partial charge in [0.05, 0.1) is 19.4 Å². The molecule has 0 spiro atoms. The number of aromatic nitrogens is 3. The van der Waals surface area contributed by atoms with Crippen LogP contribution < -0.4 is 14.8 Å². The molecule has 0 radical (unpaired) electrons. The molecule has 1 fully saturated rings.